The third-order valence-electron chi connectivity index (χ3n) is 1.65. The average Bonchev–Trinajstić information content (AvgIpc) is 2.71. The van der Waals surface area contributed by atoms with Gasteiger partial charge in [0, 0.05) is 0 Å². The first-order chi connectivity index (χ1) is 6.75. The molecule has 0 radical (unpaired) electrons. The van der Waals surface area contributed by atoms with Crippen LogP contribution in [-0.2, 0) is 0 Å². The summed E-state index contributed by atoms with van der Waals surface area (Å²) in [6.07, 6.45) is 0. The van der Waals surface area contributed by atoms with Crippen LogP contribution in [0.2, 0.25) is 10.3 Å². The maximum Gasteiger partial charge on any atom is 0.170 e. The monoisotopic (exact) mass is 262 g/mol. The minimum absolute atomic E-state index is 0.379. The Morgan fingerprint density at radius 1 is 0.786 bits per heavy atom. The molecule has 0 bridgehead atoms. The molecule has 14 heavy (non-hydrogen) atoms. The summed E-state index contributed by atoms with van der Waals surface area (Å²) >= 11 is 14.1. The number of rotatable bonds is 0. The fourth-order valence-corrected chi connectivity index (χ4v) is 2.86. The summed E-state index contributed by atoms with van der Waals surface area (Å²) in [5, 5.41) is 0.757. The van der Waals surface area contributed by atoms with Crippen molar-refractivity contribution < 1.29 is 0 Å². The largest absolute Gasteiger partial charge is 0.228 e. The molecular weight excluding hydrogens is 263 g/mol. The van der Waals surface area contributed by atoms with Crippen LogP contribution in [0.4, 0.5) is 0 Å². The molecule has 0 aromatic carbocycles. The van der Waals surface area contributed by atoms with Crippen LogP contribution in [-0.4, -0.2) is 18.7 Å². The van der Waals surface area contributed by atoms with Crippen molar-refractivity contribution >= 4 is 67.0 Å². The van der Waals surface area contributed by atoms with Gasteiger partial charge in [-0.15, -0.1) is 0 Å². The molecule has 70 valence electrons. The summed E-state index contributed by atoms with van der Waals surface area (Å²) in [7, 11) is 0. The molecule has 4 nitrogen and oxygen atoms in total. The molecule has 3 aromatic rings. The first-order valence-electron chi connectivity index (χ1n) is 3.49. The van der Waals surface area contributed by atoms with Crippen molar-refractivity contribution in [1.29, 1.82) is 0 Å². The maximum absolute atomic E-state index is 5.83. The average molecular weight is 263 g/mol. The molecule has 0 fully saturated rings. The Morgan fingerprint density at radius 3 is 1.64 bits per heavy atom. The molecule has 0 N–H and O–H groups in total. The van der Waals surface area contributed by atoms with Crippen LogP contribution < -0.4 is 0 Å². The van der Waals surface area contributed by atoms with Crippen LogP contribution >= 0.6 is 46.3 Å². The van der Waals surface area contributed by atoms with Crippen LogP contribution in [0.5, 0.6) is 0 Å². The smallest absolute Gasteiger partial charge is 0.170 e. The molecule has 0 spiro atoms. The topological polar surface area (TPSA) is 51.6 Å². The van der Waals surface area contributed by atoms with Gasteiger partial charge in [0.25, 0.3) is 0 Å². The van der Waals surface area contributed by atoms with E-state index in [-0.39, 0.29) is 0 Å². The molecule has 3 heterocycles. The van der Waals surface area contributed by atoms with Crippen molar-refractivity contribution in [3.63, 3.8) is 0 Å². The Morgan fingerprint density at radius 2 is 1.21 bits per heavy atom. The second kappa shape index (κ2) is 2.96. The van der Waals surface area contributed by atoms with E-state index in [1.165, 1.54) is 23.1 Å². The predicted octanol–water partition coefficient (Wildman–Crippen LogP) is 3.00. The zero-order chi connectivity index (χ0) is 9.71. The fourth-order valence-electron chi connectivity index (χ4n) is 1.05. The molecule has 0 aliphatic heterocycles. The van der Waals surface area contributed by atoms with Crippen LogP contribution in [0, 0.1) is 0 Å². The molecule has 8 heteroatoms. The van der Waals surface area contributed by atoms with E-state index < -0.39 is 0 Å². The van der Waals surface area contributed by atoms with E-state index in [1.807, 2.05) is 0 Å². The highest BCUT2D eigenvalue weighted by atomic mass is 35.5. The zero-order valence-electron chi connectivity index (χ0n) is 6.36. The van der Waals surface area contributed by atoms with Crippen molar-refractivity contribution in [3.8, 4) is 0 Å². The molecule has 0 aliphatic rings. The van der Waals surface area contributed by atoms with Crippen molar-refractivity contribution in [2.75, 3.05) is 0 Å². The Hall–Kier alpha value is -0.560. The minimum atomic E-state index is 0.379. The summed E-state index contributed by atoms with van der Waals surface area (Å²) in [5.74, 6) is 0. The molecule has 0 saturated carbocycles. The van der Waals surface area contributed by atoms with Crippen LogP contribution in [0.25, 0.3) is 20.7 Å². The number of fused-ring (bicyclic) bond motifs is 2. The number of nitrogens with zero attached hydrogens (tertiary/aromatic N) is 4. The van der Waals surface area contributed by atoms with Crippen LogP contribution in [0.1, 0.15) is 0 Å². The zero-order valence-corrected chi connectivity index (χ0v) is 9.51. The highest BCUT2D eigenvalue weighted by Gasteiger charge is 2.12. The molecule has 0 amide bonds. The number of halogens is 2. The van der Waals surface area contributed by atoms with Gasteiger partial charge in [0.2, 0.25) is 0 Å². The Kier molecular flexibility index (Phi) is 1.85. The van der Waals surface area contributed by atoms with Crippen molar-refractivity contribution in [3.05, 3.63) is 10.3 Å². The van der Waals surface area contributed by atoms with E-state index in [1.54, 1.807) is 0 Å². The number of hydrogen-bond acceptors (Lipinski definition) is 6. The molecule has 0 saturated heterocycles. The van der Waals surface area contributed by atoms with Crippen LogP contribution in [0.3, 0.4) is 0 Å². The highest BCUT2D eigenvalue weighted by molar-refractivity contribution is 7.14. The van der Waals surface area contributed by atoms with E-state index in [4.69, 9.17) is 23.2 Å². The molecule has 0 unspecified atom stereocenters. The maximum atomic E-state index is 5.83. The van der Waals surface area contributed by atoms with Crippen molar-refractivity contribution in [2.45, 2.75) is 0 Å². The summed E-state index contributed by atoms with van der Waals surface area (Å²) < 4.78 is 7.90. The van der Waals surface area contributed by atoms with E-state index in [2.05, 4.69) is 18.7 Å². The Bertz CT molecular complexity index is 575. The van der Waals surface area contributed by atoms with Gasteiger partial charge in [-0.3, -0.25) is 0 Å². The third kappa shape index (κ3) is 1.12. The normalized spacial score (nSPS) is 11.6. The van der Waals surface area contributed by atoms with E-state index in [0.717, 1.165) is 0 Å². The lowest BCUT2D eigenvalue weighted by Gasteiger charge is -1.88. The Labute approximate surface area is 95.8 Å². The second-order valence-electron chi connectivity index (χ2n) is 2.48. The van der Waals surface area contributed by atoms with Gasteiger partial charge in [-0.25, -0.2) is 9.97 Å². The number of aromatic nitrogens is 4. The van der Waals surface area contributed by atoms with E-state index in [9.17, 15) is 0 Å². The van der Waals surface area contributed by atoms with Gasteiger partial charge < -0.3 is 0 Å². The Balaban J connectivity index is 2.56. The molecule has 3 aromatic heterocycles. The standard InChI is InChI=1S/C6Cl2N4S2/c7-3-1-5(13-11-3)10-2-4(8)12-14-6(2)9-1. The first-order valence-corrected chi connectivity index (χ1v) is 5.80. The quantitative estimate of drug-likeness (QED) is 0.625. The van der Waals surface area contributed by atoms with Crippen molar-refractivity contribution in [2.24, 2.45) is 0 Å². The lowest BCUT2D eigenvalue weighted by atomic mass is 10.5. The minimum Gasteiger partial charge on any atom is -0.228 e. The van der Waals surface area contributed by atoms with Gasteiger partial charge in [0.05, 0.1) is 0 Å². The predicted molar refractivity (Wildman–Crippen MR) is 58.4 cm³/mol. The highest BCUT2D eigenvalue weighted by Crippen LogP contribution is 2.29. The lowest BCUT2D eigenvalue weighted by molar-refractivity contribution is 1.44. The van der Waals surface area contributed by atoms with Gasteiger partial charge >= 0.3 is 0 Å². The van der Waals surface area contributed by atoms with Gasteiger partial charge in [-0.1, -0.05) is 23.2 Å². The van der Waals surface area contributed by atoms with E-state index >= 15 is 0 Å². The van der Waals surface area contributed by atoms with Crippen molar-refractivity contribution in [1.82, 2.24) is 18.7 Å². The van der Waals surface area contributed by atoms with E-state index in [0.29, 0.717) is 31.0 Å². The van der Waals surface area contributed by atoms with Gasteiger partial charge in [0.15, 0.2) is 20.0 Å². The molecule has 3 rings (SSSR count). The first kappa shape index (κ1) is 8.72. The SMILES string of the molecule is Clc1nsc2nc3c(Cl)nsc3nc12. The third-order valence-corrected chi connectivity index (χ3v) is 3.84. The molecule has 0 aliphatic carbocycles. The van der Waals surface area contributed by atoms with Crippen LogP contribution in [0.15, 0.2) is 0 Å². The number of hydrogen-bond donors (Lipinski definition) is 0. The molecular formula is C6Cl2N4S2. The lowest BCUT2D eigenvalue weighted by Crippen LogP contribution is -1.79. The fraction of sp³-hybridized carbons (Fsp3) is 0. The summed E-state index contributed by atoms with van der Waals surface area (Å²) in [4.78, 5) is 9.94. The summed E-state index contributed by atoms with van der Waals surface area (Å²) in [5.41, 5.74) is 1.23. The summed E-state index contributed by atoms with van der Waals surface area (Å²) in [6, 6.07) is 0. The second-order valence-corrected chi connectivity index (χ2v) is 4.70. The van der Waals surface area contributed by atoms with Gasteiger partial charge in [-0.2, -0.15) is 8.75 Å². The molecule has 0 atom stereocenters. The van der Waals surface area contributed by atoms with Gasteiger partial charge in [-0.05, 0) is 23.1 Å². The summed E-state index contributed by atoms with van der Waals surface area (Å²) in [6.45, 7) is 0. The van der Waals surface area contributed by atoms with Gasteiger partial charge in [0.1, 0.15) is 11.0 Å².